The maximum Gasteiger partial charge on any atom is 0.251 e. The van der Waals surface area contributed by atoms with Crippen LogP contribution in [0, 0.1) is 5.92 Å². The van der Waals surface area contributed by atoms with Gasteiger partial charge in [-0.1, -0.05) is 12.8 Å². The van der Waals surface area contributed by atoms with Gasteiger partial charge in [-0.05, 0) is 37.1 Å². The summed E-state index contributed by atoms with van der Waals surface area (Å²) in [5, 5.41) is 13.5. The van der Waals surface area contributed by atoms with Crippen molar-refractivity contribution in [2.75, 3.05) is 6.61 Å². The van der Waals surface area contributed by atoms with E-state index in [0.717, 1.165) is 36.6 Å². The quantitative estimate of drug-likeness (QED) is 0.803. The Balaban J connectivity index is 1.74. The molecule has 1 aliphatic rings. The van der Waals surface area contributed by atoms with E-state index in [2.05, 4.69) is 10.3 Å². The molecule has 0 radical (unpaired) electrons. The second kappa shape index (κ2) is 5.67. The third-order valence-corrected chi connectivity index (χ3v) is 4.28. The molecule has 0 spiro atoms. The van der Waals surface area contributed by atoms with Crippen molar-refractivity contribution in [3.05, 3.63) is 36.0 Å². The zero-order valence-corrected chi connectivity index (χ0v) is 11.4. The molecule has 1 aromatic carbocycles. The van der Waals surface area contributed by atoms with E-state index >= 15 is 0 Å². The Bertz CT molecular complexity index is 605. The van der Waals surface area contributed by atoms with Crippen LogP contribution in [0.15, 0.2) is 30.5 Å². The summed E-state index contributed by atoms with van der Waals surface area (Å²) >= 11 is 0. The number of aliphatic hydroxyl groups is 1. The van der Waals surface area contributed by atoms with Crippen molar-refractivity contribution in [2.45, 2.75) is 31.7 Å². The fraction of sp³-hybridized carbons (Fsp3) is 0.438. The molecule has 2 atom stereocenters. The van der Waals surface area contributed by atoms with Crippen LogP contribution in [0.1, 0.15) is 36.0 Å². The minimum Gasteiger partial charge on any atom is -0.396 e. The van der Waals surface area contributed by atoms with E-state index in [1.54, 1.807) is 0 Å². The summed E-state index contributed by atoms with van der Waals surface area (Å²) in [7, 11) is 0. The molecule has 106 valence electrons. The second-order valence-corrected chi connectivity index (χ2v) is 5.59. The molecule has 1 saturated carbocycles. The first-order chi connectivity index (χ1) is 9.78. The van der Waals surface area contributed by atoms with Gasteiger partial charge in [0.2, 0.25) is 0 Å². The van der Waals surface area contributed by atoms with Gasteiger partial charge in [-0.3, -0.25) is 4.79 Å². The lowest BCUT2D eigenvalue weighted by molar-refractivity contribution is 0.0873. The van der Waals surface area contributed by atoms with E-state index in [-0.39, 0.29) is 24.5 Å². The van der Waals surface area contributed by atoms with Crippen molar-refractivity contribution in [3.63, 3.8) is 0 Å². The molecule has 4 heteroatoms. The smallest absolute Gasteiger partial charge is 0.251 e. The van der Waals surface area contributed by atoms with Gasteiger partial charge >= 0.3 is 0 Å². The molecule has 2 aromatic rings. The number of aromatic nitrogens is 1. The molecular weight excluding hydrogens is 252 g/mol. The molecule has 2 unspecified atom stereocenters. The Hall–Kier alpha value is -1.81. The number of amides is 1. The largest absolute Gasteiger partial charge is 0.396 e. The average molecular weight is 272 g/mol. The van der Waals surface area contributed by atoms with Crippen LogP contribution >= 0.6 is 0 Å². The maximum absolute atomic E-state index is 12.3. The van der Waals surface area contributed by atoms with Gasteiger partial charge in [0.05, 0.1) is 0 Å². The molecule has 3 rings (SSSR count). The Kier molecular flexibility index (Phi) is 3.74. The highest BCUT2D eigenvalue weighted by Gasteiger charge is 2.26. The van der Waals surface area contributed by atoms with Crippen LogP contribution in [0.5, 0.6) is 0 Å². The molecule has 1 fully saturated rings. The Morgan fingerprint density at radius 1 is 1.30 bits per heavy atom. The van der Waals surface area contributed by atoms with Crippen molar-refractivity contribution < 1.29 is 9.90 Å². The van der Waals surface area contributed by atoms with E-state index in [0.29, 0.717) is 5.56 Å². The lowest BCUT2D eigenvalue weighted by Gasteiger charge is -2.30. The lowest BCUT2D eigenvalue weighted by atomic mass is 9.85. The van der Waals surface area contributed by atoms with Crippen molar-refractivity contribution in [2.24, 2.45) is 5.92 Å². The Morgan fingerprint density at radius 3 is 3.00 bits per heavy atom. The molecule has 3 N–H and O–H groups in total. The summed E-state index contributed by atoms with van der Waals surface area (Å²) in [6.45, 7) is 0.155. The Morgan fingerprint density at radius 2 is 2.15 bits per heavy atom. The van der Waals surface area contributed by atoms with Gasteiger partial charge < -0.3 is 15.4 Å². The zero-order valence-electron chi connectivity index (χ0n) is 11.4. The SMILES string of the molecule is O=C(NC1CCCCC1CO)c1ccc2[nH]ccc2c1. The predicted molar refractivity (Wildman–Crippen MR) is 78.6 cm³/mol. The third kappa shape index (κ3) is 2.56. The molecule has 1 amide bonds. The summed E-state index contributed by atoms with van der Waals surface area (Å²) in [5.74, 6) is 0.155. The van der Waals surface area contributed by atoms with Crippen LogP contribution < -0.4 is 5.32 Å². The molecule has 0 bridgehead atoms. The average Bonchev–Trinajstić information content (AvgIpc) is 2.95. The van der Waals surface area contributed by atoms with Gasteiger partial charge in [0.1, 0.15) is 0 Å². The fourth-order valence-electron chi connectivity index (χ4n) is 3.06. The van der Waals surface area contributed by atoms with Crippen LogP contribution in [0.4, 0.5) is 0 Å². The fourth-order valence-corrected chi connectivity index (χ4v) is 3.06. The molecule has 1 heterocycles. The van der Waals surface area contributed by atoms with E-state index in [9.17, 15) is 9.90 Å². The standard InChI is InChI=1S/C16H20N2O2/c19-10-13-3-1-2-4-15(13)18-16(20)12-5-6-14-11(9-12)7-8-17-14/h5-9,13,15,17,19H,1-4,10H2,(H,18,20). The molecule has 1 aliphatic carbocycles. The highest BCUT2D eigenvalue weighted by molar-refractivity contribution is 5.98. The number of aromatic amines is 1. The van der Waals surface area contributed by atoms with Gasteiger partial charge in [-0.25, -0.2) is 0 Å². The zero-order chi connectivity index (χ0) is 13.9. The van der Waals surface area contributed by atoms with Gasteiger partial charge in [0.15, 0.2) is 0 Å². The van der Waals surface area contributed by atoms with E-state index in [4.69, 9.17) is 0 Å². The highest BCUT2D eigenvalue weighted by atomic mass is 16.3. The number of carbonyl (C=O) groups is 1. The number of hydrogen-bond acceptors (Lipinski definition) is 2. The number of hydrogen-bond donors (Lipinski definition) is 3. The molecule has 20 heavy (non-hydrogen) atoms. The van der Waals surface area contributed by atoms with Gasteiger partial charge in [0, 0.05) is 41.2 Å². The first kappa shape index (κ1) is 13.2. The summed E-state index contributed by atoms with van der Waals surface area (Å²) < 4.78 is 0. The van der Waals surface area contributed by atoms with Crippen LogP contribution in [0.25, 0.3) is 10.9 Å². The number of aliphatic hydroxyl groups excluding tert-OH is 1. The summed E-state index contributed by atoms with van der Waals surface area (Å²) in [6, 6.07) is 7.73. The number of rotatable bonds is 3. The monoisotopic (exact) mass is 272 g/mol. The second-order valence-electron chi connectivity index (χ2n) is 5.59. The molecule has 0 aliphatic heterocycles. The molecular formula is C16H20N2O2. The normalized spacial score (nSPS) is 22.9. The van der Waals surface area contributed by atoms with E-state index in [1.165, 1.54) is 0 Å². The lowest BCUT2D eigenvalue weighted by Crippen LogP contribution is -2.43. The number of benzene rings is 1. The van der Waals surface area contributed by atoms with Crippen LogP contribution in [0.3, 0.4) is 0 Å². The Labute approximate surface area is 118 Å². The van der Waals surface area contributed by atoms with Gasteiger partial charge in [0.25, 0.3) is 5.91 Å². The first-order valence-corrected chi connectivity index (χ1v) is 7.27. The van der Waals surface area contributed by atoms with Crippen LogP contribution in [-0.4, -0.2) is 28.6 Å². The minimum absolute atomic E-state index is 0.0431. The molecule has 1 aromatic heterocycles. The van der Waals surface area contributed by atoms with Crippen molar-refractivity contribution in [3.8, 4) is 0 Å². The van der Waals surface area contributed by atoms with Crippen LogP contribution in [0.2, 0.25) is 0 Å². The van der Waals surface area contributed by atoms with Crippen molar-refractivity contribution >= 4 is 16.8 Å². The minimum atomic E-state index is -0.0431. The number of carbonyl (C=O) groups excluding carboxylic acids is 1. The molecule has 4 nitrogen and oxygen atoms in total. The maximum atomic E-state index is 12.3. The number of fused-ring (bicyclic) bond motifs is 1. The number of nitrogens with one attached hydrogen (secondary N) is 2. The third-order valence-electron chi connectivity index (χ3n) is 4.28. The highest BCUT2D eigenvalue weighted by Crippen LogP contribution is 2.24. The van der Waals surface area contributed by atoms with Crippen LogP contribution in [-0.2, 0) is 0 Å². The topological polar surface area (TPSA) is 65.1 Å². The van der Waals surface area contributed by atoms with Crippen molar-refractivity contribution in [1.29, 1.82) is 0 Å². The first-order valence-electron chi connectivity index (χ1n) is 7.27. The summed E-state index contributed by atoms with van der Waals surface area (Å²) in [6.07, 6.45) is 6.10. The summed E-state index contributed by atoms with van der Waals surface area (Å²) in [4.78, 5) is 15.5. The van der Waals surface area contributed by atoms with E-state index < -0.39 is 0 Å². The summed E-state index contributed by atoms with van der Waals surface area (Å²) in [5.41, 5.74) is 1.71. The van der Waals surface area contributed by atoms with E-state index in [1.807, 2.05) is 30.5 Å². The predicted octanol–water partition coefficient (Wildman–Crippen LogP) is 2.45. The molecule has 0 saturated heterocycles. The van der Waals surface area contributed by atoms with Crippen molar-refractivity contribution in [1.82, 2.24) is 10.3 Å². The number of H-pyrrole nitrogens is 1. The van der Waals surface area contributed by atoms with Gasteiger partial charge in [-0.15, -0.1) is 0 Å². The van der Waals surface area contributed by atoms with Gasteiger partial charge in [-0.2, -0.15) is 0 Å².